The van der Waals surface area contributed by atoms with E-state index in [4.69, 9.17) is 23.2 Å². The second kappa shape index (κ2) is 7.26. The molecule has 0 bridgehead atoms. The minimum atomic E-state index is -0.784. The quantitative estimate of drug-likeness (QED) is 0.671. The van der Waals surface area contributed by atoms with Crippen molar-refractivity contribution in [3.8, 4) is 11.4 Å². The Bertz CT molecular complexity index is 1080. The highest BCUT2D eigenvalue weighted by Crippen LogP contribution is 2.30. The van der Waals surface area contributed by atoms with Crippen LogP contribution < -0.4 is 10.6 Å². The molecule has 1 atom stereocenters. The highest BCUT2D eigenvalue weighted by molar-refractivity contribution is 6.36. The van der Waals surface area contributed by atoms with Crippen molar-refractivity contribution in [3.63, 3.8) is 0 Å². The first-order valence-corrected chi connectivity index (χ1v) is 9.25. The van der Waals surface area contributed by atoms with E-state index in [1.165, 1.54) is 10.7 Å². The lowest BCUT2D eigenvalue weighted by Crippen LogP contribution is -2.23. The fraction of sp³-hybridized carbons (Fsp3) is 0.158. The van der Waals surface area contributed by atoms with Crippen LogP contribution in [0.2, 0.25) is 10.0 Å². The first kappa shape index (κ1) is 18.5. The van der Waals surface area contributed by atoms with Gasteiger partial charge in [-0.25, -0.2) is 4.68 Å². The number of aromatic nitrogens is 3. The van der Waals surface area contributed by atoms with Gasteiger partial charge in [0.25, 0.3) is 5.91 Å². The lowest BCUT2D eigenvalue weighted by atomic mass is 10.1. The summed E-state index contributed by atoms with van der Waals surface area (Å²) in [6.07, 6.45) is -0.103. The fourth-order valence-electron chi connectivity index (χ4n) is 2.90. The summed E-state index contributed by atoms with van der Waals surface area (Å²) >= 11 is 11.9. The van der Waals surface area contributed by atoms with Crippen molar-refractivity contribution < 1.29 is 9.59 Å². The van der Waals surface area contributed by atoms with E-state index < -0.39 is 6.04 Å². The Morgan fingerprint density at radius 3 is 2.68 bits per heavy atom. The minimum Gasteiger partial charge on any atom is -0.325 e. The zero-order chi connectivity index (χ0) is 19.8. The molecule has 1 unspecified atom stereocenters. The first-order chi connectivity index (χ1) is 13.4. The molecule has 1 aliphatic heterocycles. The van der Waals surface area contributed by atoms with E-state index in [-0.39, 0.29) is 18.2 Å². The van der Waals surface area contributed by atoms with Crippen molar-refractivity contribution in [2.24, 2.45) is 0 Å². The lowest BCUT2D eigenvalue weighted by molar-refractivity contribution is -0.123. The molecule has 28 heavy (non-hydrogen) atoms. The molecule has 7 nitrogen and oxygen atoms in total. The molecule has 3 aromatic rings. The highest BCUT2D eigenvalue weighted by Gasteiger charge is 2.35. The summed E-state index contributed by atoms with van der Waals surface area (Å²) in [6.45, 7) is 1.99. The second-order valence-electron chi connectivity index (χ2n) is 6.45. The maximum Gasteiger partial charge on any atom is 0.252 e. The molecular formula is C19H15Cl2N5O2. The monoisotopic (exact) mass is 415 g/mol. The average Bonchev–Trinajstić information content (AvgIpc) is 3.17. The van der Waals surface area contributed by atoms with Gasteiger partial charge in [0.2, 0.25) is 11.9 Å². The van der Waals surface area contributed by atoms with Gasteiger partial charge in [0.1, 0.15) is 6.04 Å². The number of nitrogens with zero attached hydrogens (tertiary/aromatic N) is 3. The number of carbonyl (C=O) groups is 2. The highest BCUT2D eigenvalue weighted by atomic mass is 35.5. The molecule has 0 radical (unpaired) electrons. The second-order valence-corrected chi connectivity index (χ2v) is 7.29. The number of rotatable bonds is 4. The van der Waals surface area contributed by atoms with Gasteiger partial charge in [0.15, 0.2) is 5.82 Å². The molecule has 0 aliphatic carbocycles. The zero-order valence-electron chi connectivity index (χ0n) is 14.7. The molecule has 1 aromatic heterocycles. The third kappa shape index (κ3) is 3.58. The van der Waals surface area contributed by atoms with Gasteiger partial charge in [-0.3, -0.25) is 14.9 Å². The number of aryl methyl sites for hydroxylation is 1. The Balaban J connectivity index is 1.52. The van der Waals surface area contributed by atoms with E-state index in [0.29, 0.717) is 27.5 Å². The van der Waals surface area contributed by atoms with Gasteiger partial charge in [0, 0.05) is 10.6 Å². The molecule has 4 rings (SSSR count). The number of amides is 2. The smallest absolute Gasteiger partial charge is 0.252 e. The van der Waals surface area contributed by atoms with Crippen molar-refractivity contribution in [2.45, 2.75) is 19.4 Å². The van der Waals surface area contributed by atoms with Crippen LogP contribution in [0.5, 0.6) is 0 Å². The molecule has 2 N–H and O–H groups in total. The van der Waals surface area contributed by atoms with Gasteiger partial charge >= 0.3 is 0 Å². The Morgan fingerprint density at radius 2 is 1.96 bits per heavy atom. The molecule has 0 saturated carbocycles. The number of halogens is 2. The molecular weight excluding hydrogens is 401 g/mol. The molecule has 142 valence electrons. The Labute approximate surface area is 170 Å². The molecule has 9 heteroatoms. The fourth-order valence-corrected chi connectivity index (χ4v) is 3.36. The average molecular weight is 416 g/mol. The summed E-state index contributed by atoms with van der Waals surface area (Å²) in [4.78, 5) is 29.0. The largest absolute Gasteiger partial charge is 0.325 e. The number of fused-ring (bicyclic) bond motifs is 1. The van der Waals surface area contributed by atoms with Crippen LogP contribution in [0.1, 0.15) is 18.0 Å². The molecule has 2 heterocycles. The van der Waals surface area contributed by atoms with Gasteiger partial charge in [-0.1, -0.05) is 53.0 Å². The Hall–Kier alpha value is -2.90. The van der Waals surface area contributed by atoms with Crippen LogP contribution in [0.15, 0.2) is 42.5 Å². The molecule has 1 aliphatic rings. The van der Waals surface area contributed by atoms with Gasteiger partial charge in [0.05, 0.1) is 17.1 Å². The molecule has 2 amide bonds. The Morgan fingerprint density at radius 1 is 1.21 bits per heavy atom. The van der Waals surface area contributed by atoms with Crippen molar-refractivity contribution in [3.05, 3.63) is 58.1 Å². The normalized spacial score (nSPS) is 15.2. The first-order valence-electron chi connectivity index (χ1n) is 8.50. The van der Waals surface area contributed by atoms with Crippen LogP contribution in [-0.2, 0) is 9.59 Å². The van der Waals surface area contributed by atoms with Crippen molar-refractivity contribution >= 4 is 46.7 Å². The van der Waals surface area contributed by atoms with Crippen molar-refractivity contribution in [1.82, 2.24) is 14.8 Å². The zero-order valence-corrected chi connectivity index (χ0v) is 16.3. The SMILES string of the molecule is Cc1ccc(-c2nc3n(n2)C(CC(=O)Nc2ccc(Cl)cc2Cl)C(=O)N3)cc1. The van der Waals surface area contributed by atoms with E-state index in [2.05, 4.69) is 20.7 Å². The van der Waals surface area contributed by atoms with Gasteiger partial charge in [-0.15, -0.1) is 5.10 Å². The van der Waals surface area contributed by atoms with Crippen molar-refractivity contribution in [2.75, 3.05) is 10.6 Å². The van der Waals surface area contributed by atoms with Gasteiger partial charge in [-0.2, -0.15) is 4.98 Å². The van der Waals surface area contributed by atoms with E-state index in [9.17, 15) is 9.59 Å². The number of anilines is 2. The third-order valence-corrected chi connectivity index (χ3v) is 4.91. The van der Waals surface area contributed by atoms with E-state index in [1.807, 2.05) is 31.2 Å². The standard InChI is InChI=1S/C19H15Cl2N5O2/c1-10-2-4-11(5-3-10)17-23-19-24-18(28)15(26(19)25-17)9-16(27)22-14-7-6-12(20)8-13(14)21/h2-8,15H,9H2,1H3,(H,22,27)(H,23,24,25,28). The van der Waals surface area contributed by atoms with Crippen LogP contribution >= 0.6 is 23.2 Å². The topological polar surface area (TPSA) is 88.9 Å². The van der Waals surface area contributed by atoms with Crippen LogP contribution in [0.3, 0.4) is 0 Å². The van der Waals surface area contributed by atoms with E-state index in [1.54, 1.807) is 12.1 Å². The number of nitrogens with one attached hydrogen (secondary N) is 2. The van der Waals surface area contributed by atoms with Gasteiger partial charge in [-0.05, 0) is 25.1 Å². The molecule has 2 aromatic carbocycles. The van der Waals surface area contributed by atoms with E-state index >= 15 is 0 Å². The molecule has 0 fully saturated rings. The number of hydrogen-bond acceptors (Lipinski definition) is 4. The molecule has 0 spiro atoms. The Kier molecular flexibility index (Phi) is 4.78. The van der Waals surface area contributed by atoms with Crippen LogP contribution in [0, 0.1) is 6.92 Å². The predicted octanol–water partition coefficient (Wildman–Crippen LogP) is 4.08. The third-order valence-electron chi connectivity index (χ3n) is 4.36. The summed E-state index contributed by atoms with van der Waals surface area (Å²) in [6, 6.07) is 11.7. The summed E-state index contributed by atoms with van der Waals surface area (Å²) < 4.78 is 1.45. The summed E-state index contributed by atoms with van der Waals surface area (Å²) in [7, 11) is 0. The van der Waals surface area contributed by atoms with Crippen LogP contribution in [-0.4, -0.2) is 26.6 Å². The van der Waals surface area contributed by atoms with Gasteiger partial charge < -0.3 is 5.32 Å². The lowest BCUT2D eigenvalue weighted by Gasteiger charge is -2.11. The van der Waals surface area contributed by atoms with Crippen LogP contribution in [0.4, 0.5) is 11.6 Å². The maximum absolute atomic E-state index is 12.4. The maximum atomic E-state index is 12.4. The van der Waals surface area contributed by atoms with Crippen LogP contribution in [0.25, 0.3) is 11.4 Å². The summed E-state index contributed by atoms with van der Waals surface area (Å²) in [5, 5.41) is 10.5. The predicted molar refractivity (Wildman–Crippen MR) is 108 cm³/mol. The number of carbonyl (C=O) groups excluding carboxylic acids is 2. The van der Waals surface area contributed by atoms with Crippen molar-refractivity contribution in [1.29, 1.82) is 0 Å². The minimum absolute atomic E-state index is 0.103. The van der Waals surface area contributed by atoms with E-state index in [0.717, 1.165) is 11.1 Å². The number of hydrogen-bond donors (Lipinski definition) is 2. The summed E-state index contributed by atoms with van der Waals surface area (Å²) in [5.74, 6) is 0.108. The summed E-state index contributed by atoms with van der Waals surface area (Å²) in [5.41, 5.74) is 2.38. The molecule has 0 saturated heterocycles. The number of benzene rings is 2.